The summed E-state index contributed by atoms with van der Waals surface area (Å²) in [7, 11) is -8.55. The van der Waals surface area contributed by atoms with Crippen LogP contribution in [-0.2, 0) is 46.5 Å². The van der Waals surface area contributed by atoms with Gasteiger partial charge in [-0.25, -0.2) is 27.5 Å². The second-order valence-corrected chi connectivity index (χ2v) is 16.6. The second kappa shape index (κ2) is 15.3. The van der Waals surface area contributed by atoms with Crippen molar-refractivity contribution in [2.24, 2.45) is 5.92 Å². The Morgan fingerprint density at radius 2 is 1.64 bits per heavy atom. The molecule has 19 heteroatoms. The lowest BCUT2D eigenvalue weighted by atomic mass is 9.77. The van der Waals surface area contributed by atoms with Crippen molar-refractivity contribution < 1.29 is 49.8 Å². The molecule has 0 radical (unpaired) electrons. The molecule has 0 aliphatic carbocycles. The predicted octanol–water partition coefficient (Wildman–Crippen LogP) is -0.259. The first-order valence-electron chi connectivity index (χ1n) is 14.3. The second-order valence-electron chi connectivity index (χ2n) is 10.7. The Hall–Kier alpha value is -2.65. The average Bonchev–Trinajstić information content (AvgIpc) is 3.00. The zero-order chi connectivity index (χ0) is 33.6. The number of carboxylic acids is 2. The van der Waals surface area contributed by atoms with Crippen LogP contribution in [0.2, 0.25) is 0 Å². The summed E-state index contributed by atoms with van der Waals surface area (Å²) in [6, 6.07) is 6.09. The summed E-state index contributed by atoms with van der Waals surface area (Å²) in [4.78, 5) is 21.6. The zero-order valence-electron chi connectivity index (χ0n) is 25.3. The molecule has 16 nitrogen and oxygen atoms in total. The average molecular weight is 696 g/mol. The van der Waals surface area contributed by atoms with E-state index in [1.807, 2.05) is 15.5 Å². The smallest absolute Gasteiger partial charge is 0.328 e. The van der Waals surface area contributed by atoms with Crippen LogP contribution in [0.25, 0.3) is 0 Å². The van der Waals surface area contributed by atoms with E-state index in [1.54, 1.807) is 11.4 Å². The molecule has 2 fully saturated rings. The first kappa shape index (κ1) is 36.8. The molecule has 254 valence electrons. The SMILES string of the molecule is CNS(=O)(=O)N(CCCS(=O)(=O)N1CCC[C@@H]2CN3CCc4cc(OC)ccc4[C@@H]3C[C@@H]21)S(=O)(=O)NC.O=C(O)C=CC(=O)O. The van der Waals surface area contributed by atoms with Crippen molar-refractivity contribution in [3.63, 3.8) is 0 Å². The van der Waals surface area contributed by atoms with Crippen LogP contribution in [0.15, 0.2) is 30.4 Å². The maximum absolute atomic E-state index is 13.5. The molecule has 0 aromatic heterocycles. The number of benzene rings is 1. The number of hydrogen-bond donors (Lipinski definition) is 4. The maximum atomic E-state index is 13.5. The van der Waals surface area contributed by atoms with Gasteiger partial charge in [0, 0.05) is 64.5 Å². The number of hydrogen-bond acceptors (Lipinski definition) is 10. The molecule has 0 bridgehead atoms. The summed E-state index contributed by atoms with van der Waals surface area (Å²) in [6.45, 7) is 1.69. The van der Waals surface area contributed by atoms with E-state index in [4.69, 9.17) is 14.9 Å². The number of sulfonamides is 1. The lowest BCUT2D eigenvalue weighted by molar-refractivity contribution is -0.134. The first-order chi connectivity index (χ1) is 21.1. The van der Waals surface area contributed by atoms with Crippen LogP contribution >= 0.6 is 0 Å². The predicted molar refractivity (Wildman–Crippen MR) is 164 cm³/mol. The van der Waals surface area contributed by atoms with Crippen LogP contribution in [-0.4, -0.2) is 119 Å². The van der Waals surface area contributed by atoms with Gasteiger partial charge >= 0.3 is 11.9 Å². The third kappa shape index (κ3) is 9.22. The zero-order valence-corrected chi connectivity index (χ0v) is 27.8. The van der Waals surface area contributed by atoms with Gasteiger partial charge in [0.25, 0.3) is 20.4 Å². The fourth-order valence-corrected chi connectivity index (χ4v) is 10.5. The van der Waals surface area contributed by atoms with Crippen molar-refractivity contribution in [3.05, 3.63) is 41.5 Å². The highest BCUT2D eigenvalue weighted by molar-refractivity contribution is 8.02. The lowest BCUT2D eigenvalue weighted by Crippen LogP contribution is -2.57. The molecule has 0 saturated carbocycles. The number of rotatable bonds is 12. The normalized spacial score (nSPS) is 22.5. The molecule has 45 heavy (non-hydrogen) atoms. The monoisotopic (exact) mass is 695 g/mol. The first-order valence-corrected chi connectivity index (χ1v) is 18.7. The summed E-state index contributed by atoms with van der Waals surface area (Å²) in [5.41, 5.74) is 2.46. The van der Waals surface area contributed by atoms with Crippen LogP contribution in [0.4, 0.5) is 0 Å². The summed E-state index contributed by atoms with van der Waals surface area (Å²) < 4.78 is 87.2. The quantitative estimate of drug-likeness (QED) is 0.208. The largest absolute Gasteiger partial charge is 0.497 e. The fourth-order valence-electron chi connectivity index (χ4n) is 6.07. The van der Waals surface area contributed by atoms with Crippen molar-refractivity contribution in [1.82, 2.24) is 22.4 Å². The Bertz CT molecular complexity index is 1530. The Labute approximate surface area is 264 Å². The lowest BCUT2D eigenvalue weighted by Gasteiger charge is -2.51. The minimum absolute atomic E-state index is 0.128. The molecule has 0 unspecified atom stereocenters. The van der Waals surface area contributed by atoms with Gasteiger partial charge in [0.1, 0.15) is 5.75 Å². The molecular weight excluding hydrogens is 655 g/mol. The molecule has 3 aliphatic heterocycles. The van der Waals surface area contributed by atoms with E-state index in [-0.39, 0.29) is 33.9 Å². The highest BCUT2D eigenvalue weighted by atomic mass is 32.3. The number of aliphatic carboxylic acids is 2. The van der Waals surface area contributed by atoms with Crippen LogP contribution in [0, 0.1) is 5.92 Å². The molecule has 4 N–H and O–H groups in total. The molecule has 3 aliphatic rings. The van der Waals surface area contributed by atoms with Crippen LogP contribution < -0.4 is 14.2 Å². The minimum Gasteiger partial charge on any atom is -0.497 e. The van der Waals surface area contributed by atoms with Gasteiger partial charge < -0.3 is 14.9 Å². The maximum Gasteiger partial charge on any atom is 0.328 e. The molecule has 2 saturated heterocycles. The summed E-state index contributed by atoms with van der Waals surface area (Å²) in [5, 5.41) is 15.6. The van der Waals surface area contributed by atoms with Crippen LogP contribution in [0.5, 0.6) is 5.75 Å². The van der Waals surface area contributed by atoms with Gasteiger partial charge in [-0.05, 0) is 61.3 Å². The summed E-state index contributed by atoms with van der Waals surface area (Å²) in [5.74, 6) is -1.81. The highest BCUT2D eigenvalue weighted by Gasteiger charge is 2.46. The summed E-state index contributed by atoms with van der Waals surface area (Å²) >= 11 is 0. The Morgan fingerprint density at radius 1 is 1.02 bits per heavy atom. The molecule has 4 rings (SSSR count). The van der Waals surface area contributed by atoms with Crippen LogP contribution in [0.1, 0.15) is 42.9 Å². The molecule has 0 amide bonds. The molecule has 0 spiro atoms. The van der Waals surface area contributed by atoms with E-state index >= 15 is 0 Å². The third-order valence-corrected chi connectivity index (χ3v) is 13.8. The van der Waals surface area contributed by atoms with Gasteiger partial charge in [-0.1, -0.05) is 9.78 Å². The number of nitrogens with zero attached hydrogens (tertiary/aromatic N) is 3. The Morgan fingerprint density at radius 3 is 2.20 bits per heavy atom. The van der Waals surface area contributed by atoms with Crippen molar-refractivity contribution in [3.8, 4) is 5.75 Å². The molecule has 3 atom stereocenters. The third-order valence-electron chi connectivity index (χ3n) is 8.14. The van der Waals surface area contributed by atoms with Gasteiger partial charge in [0.15, 0.2) is 0 Å². The van der Waals surface area contributed by atoms with Gasteiger partial charge in [-0.2, -0.15) is 21.1 Å². The van der Waals surface area contributed by atoms with Crippen molar-refractivity contribution in [2.75, 3.05) is 53.1 Å². The van der Waals surface area contributed by atoms with E-state index in [0.717, 1.165) is 52.2 Å². The molecule has 1 aromatic carbocycles. The molecular formula is C26H41N5O11S3. The topological polar surface area (TPSA) is 220 Å². The highest BCUT2D eigenvalue weighted by Crippen LogP contribution is 2.44. The molecule has 1 aromatic rings. The van der Waals surface area contributed by atoms with E-state index in [0.29, 0.717) is 25.1 Å². The van der Waals surface area contributed by atoms with E-state index in [2.05, 4.69) is 17.0 Å². The van der Waals surface area contributed by atoms with Gasteiger partial charge in [-0.15, -0.1) is 0 Å². The van der Waals surface area contributed by atoms with Gasteiger partial charge in [0.05, 0.1) is 12.9 Å². The minimum atomic E-state index is -4.33. The van der Waals surface area contributed by atoms with Crippen molar-refractivity contribution in [1.29, 1.82) is 0 Å². The van der Waals surface area contributed by atoms with E-state index < -0.39 is 48.9 Å². The van der Waals surface area contributed by atoms with Gasteiger partial charge in [-0.3, -0.25) is 4.90 Å². The van der Waals surface area contributed by atoms with E-state index in [1.165, 1.54) is 11.1 Å². The Balaban J connectivity index is 0.000000610. The fraction of sp³-hybridized carbons (Fsp3) is 0.615. The van der Waals surface area contributed by atoms with Crippen molar-refractivity contribution in [2.45, 2.75) is 44.2 Å². The number of methoxy groups -OCH3 is 1. The number of carboxylic acid groups (broad SMARTS) is 2. The number of piperidine rings is 2. The summed E-state index contributed by atoms with van der Waals surface area (Å²) in [6.07, 6.45) is 4.31. The van der Waals surface area contributed by atoms with E-state index in [9.17, 15) is 34.8 Å². The van der Waals surface area contributed by atoms with Crippen molar-refractivity contribution >= 4 is 42.4 Å². The number of ether oxygens (including phenoxy) is 1. The number of nitrogens with one attached hydrogen (secondary N) is 2. The molecule has 3 heterocycles. The van der Waals surface area contributed by atoms with Crippen LogP contribution in [0.3, 0.4) is 0 Å². The number of carbonyl (C=O) groups is 2. The Kier molecular flexibility index (Phi) is 12.5. The number of fused-ring (bicyclic) bond motifs is 4. The standard InChI is InChI=1S/C22H37N5O7S3.C4H4O4/c1-23-36(30,31)27(37(32,33)24-2)11-5-13-35(28,29)26-10-4-6-18-16-25-12-9-17-14-19(34-3)7-8-20(17)22(25)15-21(18)26;5-3(6)1-2-4(7)8/h7-8,14,18,21-24H,4-6,9-13,15-16H2,1-3H3;1-2H,(H,5,6)(H,7,8)/t18-,21+,22+;/m1./s1. The van der Waals surface area contributed by atoms with Gasteiger partial charge in [0.2, 0.25) is 10.0 Å².